The molecule has 0 fully saturated rings. The summed E-state index contributed by atoms with van der Waals surface area (Å²) in [6.45, 7) is 8.35. The van der Waals surface area contributed by atoms with Gasteiger partial charge in [0.2, 0.25) is 0 Å². The van der Waals surface area contributed by atoms with E-state index in [4.69, 9.17) is 14.7 Å². The summed E-state index contributed by atoms with van der Waals surface area (Å²) in [6, 6.07) is 15.7. The highest BCUT2D eigenvalue weighted by Crippen LogP contribution is 2.29. The van der Waals surface area contributed by atoms with Gasteiger partial charge in [-0.1, -0.05) is 45.0 Å². The Bertz CT molecular complexity index is 1390. The van der Waals surface area contributed by atoms with Crippen LogP contribution in [0.4, 0.5) is 11.5 Å². The summed E-state index contributed by atoms with van der Waals surface area (Å²) in [6.07, 6.45) is 4.50. The van der Waals surface area contributed by atoms with Gasteiger partial charge < -0.3 is 20.7 Å². The number of aromatic amines is 1. The van der Waals surface area contributed by atoms with Crippen LogP contribution in [0.3, 0.4) is 0 Å². The summed E-state index contributed by atoms with van der Waals surface area (Å²) in [4.78, 5) is 22.0. The van der Waals surface area contributed by atoms with Crippen LogP contribution in [0.2, 0.25) is 0 Å². The Morgan fingerprint density at radius 3 is 2.66 bits per heavy atom. The van der Waals surface area contributed by atoms with Crippen molar-refractivity contribution in [2.75, 3.05) is 25.0 Å². The van der Waals surface area contributed by atoms with Crippen molar-refractivity contribution < 1.29 is 9.53 Å². The lowest BCUT2D eigenvalue weighted by Crippen LogP contribution is -2.35. The van der Waals surface area contributed by atoms with Gasteiger partial charge in [0.1, 0.15) is 11.6 Å². The molecule has 38 heavy (non-hydrogen) atoms. The minimum absolute atomic E-state index is 0.0164. The molecular weight excluding hydrogens is 478 g/mol. The molecule has 3 heterocycles. The Morgan fingerprint density at radius 1 is 1.05 bits per heavy atom. The highest BCUT2D eigenvalue weighted by atomic mass is 16.5. The molecule has 2 aromatic carbocycles. The van der Waals surface area contributed by atoms with E-state index in [0.717, 1.165) is 52.4 Å². The van der Waals surface area contributed by atoms with Crippen molar-refractivity contribution in [2.24, 2.45) is 5.41 Å². The average Bonchev–Trinajstić information content (AvgIpc) is 3.46. The number of nitrogens with zero attached hydrogens (tertiary/aromatic N) is 3. The Hall–Kier alpha value is -4.24. The number of hydrogen-bond donors (Lipinski definition) is 4. The second-order valence-corrected chi connectivity index (χ2v) is 10.6. The van der Waals surface area contributed by atoms with E-state index in [1.165, 1.54) is 0 Å². The number of rotatable bonds is 8. The molecule has 0 aliphatic carbocycles. The molecule has 9 nitrogen and oxygen atoms in total. The van der Waals surface area contributed by atoms with Crippen LogP contribution in [0.5, 0.6) is 5.75 Å². The topological polar surface area (TPSA) is 117 Å². The lowest BCUT2D eigenvalue weighted by Gasteiger charge is -2.21. The second-order valence-electron chi connectivity index (χ2n) is 10.6. The minimum Gasteiger partial charge on any atom is -0.484 e. The van der Waals surface area contributed by atoms with Crippen LogP contribution in [-0.2, 0) is 17.8 Å². The third kappa shape index (κ3) is 6.36. The van der Waals surface area contributed by atoms with E-state index in [0.29, 0.717) is 24.7 Å². The zero-order chi connectivity index (χ0) is 26.5. The van der Waals surface area contributed by atoms with E-state index in [-0.39, 0.29) is 17.9 Å². The van der Waals surface area contributed by atoms with Crippen LogP contribution in [0.1, 0.15) is 32.0 Å². The van der Waals surface area contributed by atoms with Gasteiger partial charge in [-0.05, 0) is 35.2 Å². The van der Waals surface area contributed by atoms with Crippen LogP contribution >= 0.6 is 0 Å². The molecule has 0 saturated carbocycles. The van der Waals surface area contributed by atoms with Crippen LogP contribution in [-0.4, -0.2) is 45.8 Å². The van der Waals surface area contributed by atoms with E-state index in [1.807, 2.05) is 42.6 Å². The number of fused-ring (bicyclic) bond motifs is 1. The van der Waals surface area contributed by atoms with Crippen molar-refractivity contribution in [1.82, 2.24) is 30.8 Å². The highest BCUT2D eigenvalue weighted by molar-refractivity contribution is 5.77. The predicted molar refractivity (Wildman–Crippen MR) is 148 cm³/mol. The Morgan fingerprint density at radius 2 is 1.89 bits per heavy atom. The summed E-state index contributed by atoms with van der Waals surface area (Å²) in [5.74, 6) is 1.85. The van der Waals surface area contributed by atoms with Crippen molar-refractivity contribution in [1.29, 1.82) is 0 Å². The van der Waals surface area contributed by atoms with Crippen LogP contribution in [0.25, 0.3) is 22.5 Å². The number of nitrogens with one attached hydrogen (secondary N) is 4. The SMILES string of the molecule is CC(C)(C)CNC(=O)COc1cccc(-c2nc3c(c(Nc4ccc(-c5cn[nH]c5)cc4)n2)CNCC3)c1. The van der Waals surface area contributed by atoms with Gasteiger partial charge in [-0.25, -0.2) is 9.97 Å². The van der Waals surface area contributed by atoms with E-state index in [1.54, 1.807) is 6.20 Å². The van der Waals surface area contributed by atoms with Gasteiger partial charge in [0.15, 0.2) is 12.4 Å². The molecule has 4 aromatic rings. The number of carbonyl (C=O) groups is 1. The first-order valence-electron chi connectivity index (χ1n) is 12.8. The zero-order valence-electron chi connectivity index (χ0n) is 22.0. The fraction of sp³-hybridized carbons (Fsp3) is 0.310. The van der Waals surface area contributed by atoms with Crippen molar-refractivity contribution in [2.45, 2.75) is 33.7 Å². The maximum atomic E-state index is 12.2. The number of carbonyl (C=O) groups excluding carboxylic acids is 1. The molecule has 4 N–H and O–H groups in total. The van der Waals surface area contributed by atoms with Crippen LogP contribution in [0, 0.1) is 5.41 Å². The number of amides is 1. The predicted octanol–water partition coefficient (Wildman–Crippen LogP) is 4.46. The molecular formula is C29H33N7O2. The normalized spacial score (nSPS) is 13.0. The standard InChI is InChI=1S/C29H33N7O2/c1-29(2,3)18-31-26(37)17-38-23-6-4-5-20(13-23)27-35-25-11-12-30-16-24(25)28(36-27)34-22-9-7-19(8-10-22)21-14-32-33-15-21/h4-10,13-15,30H,11-12,16-18H2,1-3H3,(H,31,37)(H,32,33)(H,34,35,36). The molecule has 9 heteroatoms. The number of aromatic nitrogens is 4. The summed E-state index contributed by atoms with van der Waals surface area (Å²) in [7, 11) is 0. The fourth-order valence-corrected chi connectivity index (χ4v) is 4.16. The summed E-state index contributed by atoms with van der Waals surface area (Å²) in [5, 5.41) is 16.7. The molecule has 0 radical (unpaired) electrons. The van der Waals surface area contributed by atoms with Gasteiger partial charge >= 0.3 is 0 Å². The zero-order valence-corrected chi connectivity index (χ0v) is 22.0. The molecule has 1 amide bonds. The summed E-state index contributed by atoms with van der Waals surface area (Å²) < 4.78 is 5.78. The van der Waals surface area contributed by atoms with Crippen molar-refractivity contribution >= 4 is 17.4 Å². The number of benzene rings is 2. The smallest absolute Gasteiger partial charge is 0.257 e. The molecule has 0 atom stereocenters. The third-order valence-electron chi connectivity index (χ3n) is 6.19. The van der Waals surface area contributed by atoms with Crippen molar-refractivity contribution in [3.05, 3.63) is 72.2 Å². The Balaban J connectivity index is 1.35. The van der Waals surface area contributed by atoms with E-state index < -0.39 is 0 Å². The van der Waals surface area contributed by atoms with E-state index >= 15 is 0 Å². The monoisotopic (exact) mass is 511 g/mol. The largest absolute Gasteiger partial charge is 0.484 e. The second kappa shape index (κ2) is 11.0. The maximum Gasteiger partial charge on any atom is 0.257 e. The van der Waals surface area contributed by atoms with E-state index in [2.05, 4.69) is 59.1 Å². The molecule has 1 aliphatic heterocycles. The van der Waals surface area contributed by atoms with Gasteiger partial charge in [0.05, 0.1) is 11.9 Å². The van der Waals surface area contributed by atoms with Crippen LogP contribution < -0.4 is 20.7 Å². The average molecular weight is 512 g/mol. The van der Waals surface area contributed by atoms with Crippen molar-refractivity contribution in [3.8, 4) is 28.3 Å². The molecule has 0 saturated heterocycles. The van der Waals surface area contributed by atoms with Gasteiger partial charge in [-0.3, -0.25) is 9.89 Å². The lowest BCUT2D eigenvalue weighted by atomic mass is 9.97. The first-order chi connectivity index (χ1) is 18.3. The summed E-state index contributed by atoms with van der Waals surface area (Å²) >= 11 is 0. The minimum atomic E-state index is -0.145. The Labute approximate surface area is 222 Å². The first kappa shape index (κ1) is 25.4. The summed E-state index contributed by atoms with van der Waals surface area (Å²) in [5.41, 5.74) is 6.01. The fourth-order valence-electron chi connectivity index (χ4n) is 4.16. The quantitative estimate of drug-likeness (QED) is 0.276. The number of H-pyrrole nitrogens is 1. The van der Waals surface area contributed by atoms with Crippen molar-refractivity contribution in [3.63, 3.8) is 0 Å². The van der Waals surface area contributed by atoms with Crippen LogP contribution in [0.15, 0.2) is 60.9 Å². The molecule has 0 bridgehead atoms. The molecule has 196 valence electrons. The number of ether oxygens (including phenoxy) is 1. The van der Waals surface area contributed by atoms with Gasteiger partial charge in [-0.15, -0.1) is 0 Å². The molecule has 0 unspecified atom stereocenters. The molecule has 1 aliphatic rings. The van der Waals surface area contributed by atoms with Gasteiger partial charge in [0, 0.05) is 54.6 Å². The third-order valence-corrected chi connectivity index (χ3v) is 6.19. The lowest BCUT2D eigenvalue weighted by molar-refractivity contribution is -0.123. The molecule has 0 spiro atoms. The van der Waals surface area contributed by atoms with Gasteiger partial charge in [-0.2, -0.15) is 5.10 Å². The van der Waals surface area contributed by atoms with E-state index in [9.17, 15) is 4.79 Å². The number of anilines is 2. The number of hydrogen-bond acceptors (Lipinski definition) is 7. The molecule has 5 rings (SSSR count). The Kier molecular flexibility index (Phi) is 7.37. The highest BCUT2D eigenvalue weighted by Gasteiger charge is 2.19. The molecule has 2 aromatic heterocycles. The first-order valence-corrected chi connectivity index (χ1v) is 12.8. The maximum absolute atomic E-state index is 12.2. The van der Waals surface area contributed by atoms with Gasteiger partial charge in [0.25, 0.3) is 5.91 Å².